The fourth-order valence-corrected chi connectivity index (χ4v) is 2.03. The van der Waals surface area contributed by atoms with Gasteiger partial charge >= 0.3 is 0 Å². The first-order chi connectivity index (χ1) is 9.04. The second-order valence-electron chi connectivity index (χ2n) is 4.36. The summed E-state index contributed by atoms with van der Waals surface area (Å²) < 4.78 is 10.3. The topological polar surface area (TPSA) is 64.8 Å². The Balaban J connectivity index is 3.06. The Morgan fingerprint density at radius 2 is 2.11 bits per heavy atom. The van der Waals surface area contributed by atoms with E-state index in [0.29, 0.717) is 30.2 Å². The molecule has 5 nitrogen and oxygen atoms in total. The zero-order valence-electron chi connectivity index (χ0n) is 12.0. The highest BCUT2D eigenvalue weighted by atomic mass is 16.5. The molecule has 1 atom stereocenters. The number of anilines is 1. The summed E-state index contributed by atoms with van der Waals surface area (Å²) in [5.41, 5.74) is 6.77. The van der Waals surface area contributed by atoms with Crippen molar-refractivity contribution in [3.63, 3.8) is 0 Å². The summed E-state index contributed by atoms with van der Waals surface area (Å²) in [5.74, 6) is 0.429. The first kappa shape index (κ1) is 15.3. The molecule has 1 rings (SSSR count). The number of methoxy groups -OCH3 is 2. The lowest BCUT2D eigenvalue weighted by molar-refractivity contribution is 0.0576. The van der Waals surface area contributed by atoms with Crippen LogP contribution in [-0.2, 0) is 4.74 Å². The van der Waals surface area contributed by atoms with Gasteiger partial charge in [-0.3, -0.25) is 4.79 Å². The lowest BCUT2D eigenvalue weighted by Crippen LogP contribution is -2.41. The molecule has 1 aromatic carbocycles. The summed E-state index contributed by atoms with van der Waals surface area (Å²) >= 11 is 0. The maximum Gasteiger partial charge on any atom is 0.258 e. The van der Waals surface area contributed by atoms with Crippen molar-refractivity contribution < 1.29 is 14.3 Å². The molecule has 0 bridgehead atoms. The Hall–Kier alpha value is -1.75. The molecule has 1 aromatic rings. The zero-order valence-corrected chi connectivity index (χ0v) is 12.0. The van der Waals surface area contributed by atoms with Gasteiger partial charge in [-0.05, 0) is 32.0 Å². The van der Waals surface area contributed by atoms with Crippen LogP contribution >= 0.6 is 0 Å². The van der Waals surface area contributed by atoms with Crippen LogP contribution in [0.5, 0.6) is 5.75 Å². The summed E-state index contributed by atoms with van der Waals surface area (Å²) in [6, 6.07) is 5.05. The van der Waals surface area contributed by atoms with Crippen LogP contribution in [0.3, 0.4) is 0 Å². The van der Waals surface area contributed by atoms with Crippen LogP contribution < -0.4 is 10.5 Å². The highest BCUT2D eigenvalue weighted by Gasteiger charge is 2.22. The van der Waals surface area contributed by atoms with Gasteiger partial charge < -0.3 is 20.1 Å². The third-order valence-electron chi connectivity index (χ3n) is 3.00. The molecule has 0 radical (unpaired) electrons. The van der Waals surface area contributed by atoms with Gasteiger partial charge in [0.05, 0.1) is 25.3 Å². The van der Waals surface area contributed by atoms with E-state index in [1.54, 1.807) is 30.2 Å². The SMILES string of the molecule is CCN(C(=O)c1cc(N)ccc1OC)C(C)COC. The van der Waals surface area contributed by atoms with Crippen molar-refractivity contribution in [2.24, 2.45) is 0 Å². The van der Waals surface area contributed by atoms with E-state index < -0.39 is 0 Å². The van der Waals surface area contributed by atoms with Crippen LogP contribution in [0.25, 0.3) is 0 Å². The Kier molecular flexibility index (Phi) is 5.63. The van der Waals surface area contributed by atoms with Crippen LogP contribution in [0.1, 0.15) is 24.2 Å². The van der Waals surface area contributed by atoms with E-state index in [1.807, 2.05) is 13.8 Å². The van der Waals surface area contributed by atoms with Crippen molar-refractivity contribution >= 4 is 11.6 Å². The number of carbonyl (C=O) groups excluding carboxylic acids is 1. The first-order valence-corrected chi connectivity index (χ1v) is 6.28. The van der Waals surface area contributed by atoms with Crippen molar-refractivity contribution in [2.45, 2.75) is 19.9 Å². The van der Waals surface area contributed by atoms with Gasteiger partial charge in [0.15, 0.2) is 0 Å². The molecule has 0 saturated carbocycles. The maximum absolute atomic E-state index is 12.6. The van der Waals surface area contributed by atoms with Crippen molar-refractivity contribution in [2.75, 3.05) is 33.1 Å². The molecule has 0 saturated heterocycles. The number of nitrogen functional groups attached to an aromatic ring is 1. The number of likely N-dealkylation sites (N-methyl/N-ethyl adjacent to an activating group) is 1. The highest BCUT2D eigenvalue weighted by molar-refractivity contribution is 5.98. The van der Waals surface area contributed by atoms with Crippen molar-refractivity contribution in [1.29, 1.82) is 0 Å². The van der Waals surface area contributed by atoms with Crippen LogP contribution in [-0.4, -0.2) is 44.2 Å². The predicted molar refractivity (Wildman–Crippen MR) is 75.5 cm³/mol. The molecular weight excluding hydrogens is 244 g/mol. The van der Waals surface area contributed by atoms with Gasteiger partial charge in [0.1, 0.15) is 5.75 Å². The van der Waals surface area contributed by atoms with E-state index >= 15 is 0 Å². The Morgan fingerprint density at radius 1 is 1.42 bits per heavy atom. The van der Waals surface area contributed by atoms with Gasteiger partial charge in [-0.15, -0.1) is 0 Å². The minimum absolute atomic E-state index is 0.00589. The molecule has 0 heterocycles. The van der Waals surface area contributed by atoms with E-state index in [9.17, 15) is 4.79 Å². The molecule has 5 heteroatoms. The lowest BCUT2D eigenvalue weighted by Gasteiger charge is -2.28. The van der Waals surface area contributed by atoms with Crippen molar-refractivity contribution in [3.8, 4) is 5.75 Å². The van der Waals surface area contributed by atoms with E-state index in [0.717, 1.165) is 0 Å². The molecule has 1 amide bonds. The van der Waals surface area contributed by atoms with E-state index in [4.69, 9.17) is 15.2 Å². The molecule has 0 fully saturated rings. The minimum Gasteiger partial charge on any atom is -0.496 e. The number of hydrogen-bond acceptors (Lipinski definition) is 4. The smallest absolute Gasteiger partial charge is 0.258 e. The highest BCUT2D eigenvalue weighted by Crippen LogP contribution is 2.23. The zero-order chi connectivity index (χ0) is 14.4. The molecule has 0 aliphatic rings. The standard InChI is InChI=1S/C14H22N2O3/c1-5-16(10(2)9-18-3)14(17)12-8-11(15)6-7-13(12)19-4/h6-8,10H,5,9,15H2,1-4H3. The Bertz CT molecular complexity index is 435. The molecule has 0 spiro atoms. The normalized spacial score (nSPS) is 12.0. The third kappa shape index (κ3) is 3.61. The molecule has 0 aliphatic heterocycles. The molecule has 2 N–H and O–H groups in total. The summed E-state index contributed by atoms with van der Waals surface area (Å²) in [4.78, 5) is 14.3. The monoisotopic (exact) mass is 266 g/mol. The Morgan fingerprint density at radius 3 is 2.63 bits per heavy atom. The number of ether oxygens (including phenoxy) is 2. The van der Waals surface area contributed by atoms with Gasteiger partial charge in [-0.1, -0.05) is 0 Å². The molecule has 0 aromatic heterocycles. The number of benzene rings is 1. The minimum atomic E-state index is -0.101. The number of amides is 1. The van der Waals surface area contributed by atoms with E-state index in [1.165, 1.54) is 7.11 Å². The number of hydrogen-bond donors (Lipinski definition) is 1. The third-order valence-corrected chi connectivity index (χ3v) is 3.00. The number of nitrogens with zero attached hydrogens (tertiary/aromatic N) is 1. The van der Waals surface area contributed by atoms with Crippen LogP contribution in [0, 0.1) is 0 Å². The number of nitrogens with two attached hydrogens (primary N) is 1. The van der Waals surface area contributed by atoms with Gasteiger partial charge in [0.2, 0.25) is 0 Å². The van der Waals surface area contributed by atoms with Gasteiger partial charge in [-0.25, -0.2) is 0 Å². The van der Waals surface area contributed by atoms with Crippen molar-refractivity contribution in [3.05, 3.63) is 23.8 Å². The van der Waals surface area contributed by atoms with E-state index in [2.05, 4.69) is 0 Å². The molecule has 106 valence electrons. The lowest BCUT2D eigenvalue weighted by atomic mass is 10.1. The van der Waals surface area contributed by atoms with Crippen LogP contribution in [0.2, 0.25) is 0 Å². The quantitative estimate of drug-likeness (QED) is 0.797. The fraction of sp³-hybridized carbons (Fsp3) is 0.500. The van der Waals surface area contributed by atoms with Gasteiger partial charge in [-0.2, -0.15) is 0 Å². The second kappa shape index (κ2) is 6.99. The predicted octanol–water partition coefficient (Wildman–Crippen LogP) is 1.77. The summed E-state index contributed by atoms with van der Waals surface area (Å²) in [6.45, 7) is 4.97. The Labute approximate surface area is 114 Å². The average molecular weight is 266 g/mol. The molecular formula is C14H22N2O3. The van der Waals surface area contributed by atoms with Crippen LogP contribution in [0.4, 0.5) is 5.69 Å². The largest absolute Gasteiger partial charge is 0.496 e. The number of carbonyl (C=O) groups is 1. The summed E-state index contributed by atoms with van der Waals surface area (Å²) in [6.07, 6.45) is 0. The molecule has 19 heavy (non-hydrogen) atoms. The number of rotatable bonds is 6. The van der Waals surface area contributed by atoms with Crippen LogP contribution in [0.15, 0.2) is 18.2 Å². The molecule has 1 unspecified atom stereocenters. The van der Waals surface area contributed by atoms with Gasteiger partial charge in [0.25, 0.3) is 5.91 Å². The first-order valence-electron chi connectivity index (χ1n) is 6.28. The average Bonchev–Trinajstić information content (AvgIpc) is 2.39. The fourth-order valence-electron chi connectivity index (χ4n) is 2.03. The maximum atomic E-state index is 12.6. The van der Waals surface area contributed by atoms with Crippen molar-refractivity contribution in [1.82, 2.24) is 4.90 Å². The molecule has 0 aliphatic carbocycles. The summed E-state index contributed by atoms with van der Waals surface area (Å²) in [7, 11) is 3.16. The second-order valence-corrected chi connectivity index (χ2v) is 4.36. The van der Waals surface area contributed by atoms with E-state index in [-0.39, 0.29) is 11.9 Å². The summed E-state index contributed by atoms with van der Waals surface area (Å²) in [5, 5.41) is 0. The van der Waals surface area contributed by atoms with Gasteiger partial charge in [0, 0.05) is 19.3 Å².